The predicted octanol–water partition coefficient (Wildman–Crippen LogP) is 3.70. The van der Waals surface area contributed by atoms with Gasteiger partial charge in [-0.1, -0.05) is 44.2 Å². The van der Waals surface area contributed by atoms with Gasteiger partial charge in [-0.2, -0.15) is 0 Å². The number of anilines is 1. The summed E-state index contributed by atoms with van der Waals surface area (Å²) < 4.78 is 28.0. The maximum atomic E-state index is 13.3. The van der Waals surface area contributed by atoms with Crippen LogP contribution < -0.4 is 10.0 Å². The fourth-order valence-corrected chi connectivity index (χ4v) is 5.38. The summed E-state index contributed by atoms with van der Waals surface area (Å²) in [5.74, 6) is -0.221. The molecule has 0 saturated carbocycles. The van der Waals surface area contributed by atoms with Crippen molar-refractivity contribution < 1.29 is 18.0 Å². The minimum Gasteiger partial charge on any atom is -0.326 e. The smallest absolute Gasteiger partial charge is 0.247 e. The van der Waals surface area contributed by atoms with Crippen LogP contribution in [0.25, 0.3) is 0 Å². The molecule has 3 rings (SSSR count). The first kappa shape index (κ1) is 24.9. The van der Waals surface area contributed by atoms with Gasteiger partial charge in [-0.15, -0.1) is 0 Å². The van der Waals surface area contributed by atoms with Crippen molar-refractivity contribution >= 4 is 27.5 Å². The zero-order chi connectivity index (χ0) is 24.4. The molecule has 1 aliphatic rings. The molecule has 0 aromatic heterocycles. The molecule has 7 nitrogen and oxygen atoms in total. The number of hydrogen-bond acceptors (Lipinski definition) is 4. The summed E-state index contributed by atoms with van der Waals surface area (Å²) in [4.78, 5) is 28.0. The Balaban J connectivity index is 1.85. The van der Waals surface area contributed by atoms with Gasteiger partial charge in [0.05, 0.1) is 4.90 Å². The van der Waals surface area contributed by atoms with Crippen LogP contribution in [0.4, 0.5) is 5.69 Å². The number of carbonyl (C=O) groups excluding carboxylic acids is 2. The highest BCUT2D eigenvalue weighted by atomic mass is 32.2. The summed E-state index contributed by atoms with van der Waals surface area (Å²) >= 11 is 0. The van der Waals surface area contributed by atoms with Crippen LogP contribution in [-0.2, 0) is 32.6 Å². The Morgan fingerprint density at radius 3 is 2.36 bits per heavy atom. The van der Waals surface area contributed by atoms with Gasteiger partial charge >= 0.3 is 0 Å². The summed E-state index contributed by atoms with van der Waals surface area (Å²) in [6.07, 6.45) is 0.771. The highest BCUT2D eigenvalue weighted by Gasteiger charge is 2.34. The molecule has 0 saturated heterocycles. The third kappa shape index (κ3) is 6.42. The van der Waals surface area contributed by atoms with E-state index in [4.69, 9.17) is 0 Å². The van der Waals surface area contributed by atoms with E-state index in [1.165, 1.54) is 12.1 Å². The molecule has 2 N–H and O–H groups in total. The van der Waals surface area contributed by atoms with Crippen LogP contribution in [0.5, 0.6) is 0 Å². The number of nitrogens with one attached hydrogen (secondary N) is 2. The lowest BCUT2D eigenvalue weighted by Crippen LogP contribution is -2.50. The SMILES string of the molecule is CC(C)CC(=O)N1Cc2ccccc2CC1C(=O)Nc1cccc(S(=O)(=O)NC(C)(C)C)c1. The number of amides is 2. The van der Waals surface area contributed by atoms with Crippen LogP contribution in [0.15, 0.2) is 53.4 Å². The van der Waals surface area contributed by atoms with Crippen molar-refractivity contribution in [1.29, 1.82) is 0 Å². The van der Waals surface area contributed by atoms with E-state index in [1.54, 1.807) is 37.8 Å². The van der Waals surface area contributed by atoms with Gasteiger partial charge in [-0.3, -0.25) is 9.59 Å². The molecule has 0 bridgehead atoms. The van der Waals surface area contributed by atoms with Gasteiger partial charge in [0.2, 0.25) is 21.8 Å². The van der Waals surface area contributed by atoms with Crippen LogP contribution in [0, 0.1) is 5.92 Å². The molecule has 2 amide bonds. The monoisotopic (exact) mass is 471 g/mol. The molecular weight excluding hydrogens is 438 g/mol. The van der Waals surface area contributed by atoms with Crippen LogP contribution >= 0.6 is 0 Å². The van der Waals surface area contributed by atoms with Crippen molar-refractivity contribution in [2.75, 3.05) is 5.32 Å². The number of sulfonamides is 1. The maximum absolute atomic E-state index is 13.3. The van der Waals surface area contributed by atoms with E-state index >= 15 is 0 Å². The van der Waals surface area contributed by atoms with Crippen molar-refractivity contribution in [1.82, 2.24) is 9.62 Å². The molecule has 8 heteroatoms. The lowest BCUT2D eigenvalue weighted by molar-refractivity contribution is -0.140. The second kappa shape index (κ2) is 9.65. The zero-order valence-corrected chi connectivity index (χ0v) is 20.7. The average molecular weight is 472 g/mol. The molecule has 178 valence electrons. The van der Waals surface area contributed by atoms with Crippen LogP contribution in [-0.4, -0.2) is 36.7 Å². The molecule has 0 aliphatic carbocycles. The van der Waals surface area contributed by atoms with Gasteiger partial charge in [-0.05, 0) is 56.0 Å². The van der Waals surface area contributed by atoms with E-state index in [0.717, 1.165) is 11.1 Å². The van der Waals surface area contributed by atoms with Crippen molar-refractivity contribution in [3.63, 3.8) is 0 Å². The summed E-state index contributed by atoms with van der Waals surface area (Å²) in [6.45, 7) is 9.62. The Hall–Kier alpha value is -2.71. The van der Waals surface area contributed by atoms with Crippen LogP contribution in [0.1, 0.15) is 52.2 Å². The summed E-state index contributed by atoms with van der Waals surface area (Å²) in [6, 6.07) is 13.3. The zero-order valence-electron chi connectivity index (χ0n) is 19.9. The molecule has 33 heavy (non-hydrogen) atoms. The highest BCUT2D eigenvalue weighted by molar-refractivity contribution is 7.89. The lowest BCUT2D eigenvalue weighted by Gasteiger charge is -2.36. The third-order valence-corrected chi connectivity index (χ3v) is 7.06. The minimum absolute atomic E-state index is 0.0645. The maximum Gasteiger partial charge on any atom is 0.247 e. The van der Waals surface area contributed by atoms with E-state index in [-0.39, 0.29) is 22.6 Å². The number of nitrogens with zero attached hydrogens (tertiary/aromatic N) is 1. The summed E-state index contributed by atoms with van der Waals surface area (Å²) in [5.41, 5.74) is 1.81. The van der Waals surface area contributed by atoms with Gasteiger partial charge < -0.3 is 10.2 Å². The lowest BCUT2D eigenvalue weighted by atomic mass is 9.92. The second-order valence-electron chi connectivity index (χ2n) is 9.98. The number of rotatable bonds is 6. The molecule has 1 unspecified atom stereocenters. The quantitative estimate of drug-likeness (QED) is 0.672. The largest absolute Gasteiger partial charge is 0.326 e. The number of hydrogen-bond donors (Lipinski definition) is 2. The fourth-order valence-electron chi connectivity index (χ4n) is 3.91. The molecule has 1 aliphatic heterocycles. The van der Waals surface area contributed by atoms with Crippen molar-refractivity contribution in [2.45, 2.75) is 70.5 Å². The van der Waals surface area contributed by atoms with Crippen molar-refractivity contribution in [3.8, 4) is 0 Å². The number of fused-ring (bicyclic) bond motifs is 1. The van der Waals surface area contributed by atoms with Crippen LogP contribution in [0.2, 0.25) is 0 Å². The Morgan fingerprint density at radius 1 is 1.06 bits per heavy atom. The van der Waals surface area contributed by atoms with Gasteiger partial charge in [0.25, 0.3) is 0 Å². The Bertz CT molecular complexity index is 1140. The molecule has 1 heterocycles. The minimum atomic E-state index is -3.74. The normalized spacial score (nSPS) is 16.4. The van der Waals surface area contributed by atoms with E-state index in [2.05, 4.69) is 10.0 Å². The molecule has 0 fully saturated rings. The molecule has 2 aromatic carbocycles. The van der Waals surface area contributed by atoms with Gasteiger partial charge in [0.1, 0.15) is 6.04 Å². The van der Waals surface area contributed by atoms with E-state index in [9.17, 15) is 18.0 Å². The first-order valence-corrected chi connectivity index (χ1v) is 12.7. The molecule has 0 spiro atoms. The van der Waals surface area contributed by atoms with Crippen LogP contribution in [0.3, 0.4) is 0 Å². The van der Waals surface area contributed by atoms with Crippen molar-refractivity contribution in [3.05, 3.63) is 59.7 Å². The van der Waals surface area contributed by atoms with Gasteiger partial charge in [0, 0.05) is 30.6 Å². The topological polar surface area (TPSA) is 95.6 Å². The Kier molecular flexibility index (Phi) is 7.29. The highest BCUT2D eigenvalue weighted by Crippen LogP contribution is 2.26. The second-order valence-corrected chi connectivity index (χ2v) is 11.7. The predicted molar refractivity (Wildman–Crippen MR) is 129 cm³/mol. The molecule has 2 aromatic rings. The summed E-state index contributed by atoms with van der Waals surface area (Å²) in [5, 5.41) is 2.83. The average Bonchev–Trinajstić information content (AvgIpc) is 2.70. The van der Waals surface area contributed by atoms with E-state index < -0.39 is 21.6 Å². The number of carbonyl (C=O) groups is 2. The summed E-state index contributed by atoms with van der Waals surface area (Å²) in [7, 11) is -3.74. The van der Waals surface area contributed by atoms with E-state index in [0.29, 0.717) is 25.1 Å². The first-order valence-electron chi connectivity index (χ1n) is 11.2. The van der Waals surface area contributed by atoms with Gasteiger partial charge in [0.15, 0.2) is 0 Å². The van der Waals surface area contributed by atoms with E-state index in [1.807, 2.05) is 38.1 Å². The first-order chi connectivity index (χ1) is 15.4. The fraction of sp³-hybridized carbons (Fsp3) is 0.440. The molecule has 1 atom stereocenters. The third-order valence-electron chi connectivity index (χ3n) is 5.31. The van der Waals surface area contributed by atoms with Gasteiger partial charge in [-0.25, -0.2) is 13.1 Å². The number of benzene rings is 2. The Labute approximate surface area is 196 Å². The molecule has 0 radical (unpaired) electrons. The van der Waals surface area contributed by atoms with Crippen molar-refractivity contribution in [2.24, 2.45) is 5.92 Å². The standard InChI is InChI=1S/C25H33N3O4S/c1-17(2)13-23(29)28-16-19-10-7-6-9-18(19)14-22(28)24(30)26-20-11-8-12-21(15-20)33(31,32)27-25(3,4)5/h6-12,15,17,22,27H,13-14,16H2,1-5H3,(H,26,30). The molecular formula is C25H33N3O4S. The Morgan fingerprint density at radius 2 is 1.73 bits per heavy atom.